The Bertz CT molecular complexity index is 290. The maximum atomic E-state index is 9.23. The first kappa shape index (κ1) is 29.9. The molecule has 2 N–H and O–H groups in total. The predicted octanol–water partition coefficient (Wildman–Crippen LogP) is 9.11. The number of hydrogen-bond acceptors (Lipinski definition) is 2. The Morgan fingerprint density at radius 1 is 0.367 bits per heavy atom. The Kier molecular flexibility index (Phi) is 26.9. The van der Waals surface area contributed by atoms with Crippen LogP contribution in [0.3, 0.4) is 0 Å². The second-order valence-corrected chi connectivity index (χ2v) is 9.85. The number of unbranched alkanes of at least 4 members (excludes halogenated alkanes) is 23. The van der Waals surface area contributed by atoms with Crippen molar-refractivity contribution in [2.75, 3.05) is 6.61 Å². The first-order chi connectivity index (χ1) is 14.8. The Balaban J connectivity index is 2.99. The Labute approximate surface area is 190 Å². The minimum atomic E-state index is -0.107. The minimum absolute atomic E-state index is 0.107. The lowest BCUT2D eigenvalue weighted by atomic mass is 10.0. The van der Waals surface area contributed by atoms with Gasteiger partial charge in [-0.3, -0.25) is 0 Å². The normalized spacial score (nSPS) is 12.5. The van der Waals surface area contributed by atoms with Gasteiger partial charge in [0.2, 0.25) is 0 Å². The zero-order valence-electron chi connectivity index (χ0n) is 20.9. The molecule has 1 unspecified atom stereocenters. The standard InChI is InChI=1S/C28H58O2/c1-28(30)26-24-22-20-18-16-14-12-10-8-6-4-2-3-5-7-9-11-13-15-17-19-21-23-25-27-29/h28-30H,2-27H2,1H3. The first-order valence-corrected chi connectivity index (χ1v) is 14.1. The molecule has 0 aromatic carbocycles. The highest BCUT2D eigenvalue weighted by Crippen LogP contribution is 2.15. The SMILES string of the molecule is CC(O)CCCCCCCCCCCCCCCCCCCCCCCCCCO. The summed E-state index contributed by atoms with van der Waals surface area (Å²) in [6.07, 6.45) is 34.1. The molecule has 0 spiro atoms. The number of rotatable bonds is 26. The van der Waals surface area contributed by atoms with Gasteiger partial charge in [-0.25, -0.2) is 0 Å². The van der Waals surface area contributed by atoms with Crippen LogP contribution in [0.15, 0.2) is 0 Å². The summed E-state index contributed by atoms with van der Waals surface area (Å²) in [5.74, 6) is 0. The van der Waals surface area contributed by atoms with Gasteiger partial charge in [-0.1, -0.05) is 148 Å². The molecule has 2 heteroatoms. The molecule has 0 rings (SSSR count). The van der Waals surface area contributed by atoms with Crippen LogP contribution in [-0.4, -0.2) is 22.9 Å². The van der Waals surface area contributed by atoms with Gasteiger partial charge in [-0.2, -0.15) is 0 Å². The summed E-state index contributed by atoms with van der Waals surface area (Å²) >= 11 is 0. The van der Waals surface area contributed by atoms with E-state index < -0.39 is 0 Å². The second kappa shape index (κ2) is 27.0. The van der Waals surface area contributed by atoms with E-state index in [9.17, 15) is 5.11 Å². The van der Waals surface area contributed by atoms with E-state index in [1.807, 2.05) is 6.92 Å². The van der Waals surface area contributed by atoms with Crippen LogP contribution in [0.1, 0.15) is 167 Å². The second-order valence-electron chi connectivity index (χ2n) is 9.85. The van der Waals surface area contributed by atoms with Gasteiger partial charge in [0.15, 0.2) is 0 Å². The van der Waals surface area contributed by atoms with E-state index >= 15 is 0 Å². The predicted molar refractivity (Wildman–Crippen MR) is 134 cm³/mol. The Morgan fingerprint density at radius 2 is 0.567 bits per heavy atom. The first-order valence-electron chi connectivity index (χ1n) is 14.1. The zero-order valence-corrected chi connectivity index (χ0v) is 20.9. The van der Waals surface area contributed by atoms with Crippen LogP contribution in [0.25, 0.3) is 0 Å². The van der Waals surface area contributed by atoms with Crippen LogP contribution >= 0.6 is 0 Å². The van der Waals surface area contributed by atoms with Crippen molar-refractivity contribution in [1.82, 2.24) is 0 Å². The molecule has 0 amide bonds. The third-order valence-electron chi connectivity index (χ3n) is 6.53. The van der Waals surface area contributed by atoms with Crippen LogP contribution < -0.4 is 0 Å². The molecule has 182 valence electrons. The van der Waals surface area contributed by atoms with Gasteiger partial charge in [-0.05, 0) is 19.8 Å². The van der Waals surface area contributed by atoms with Crippen molar-refractivity contribution in [2.45, 2.75) is 174 Å². The van der Waals surface area contributed by atoms with Crippen molar-refractivity contribution in [3.05, 3.63) is 0 Å². The fourth-order valence-electron chi connectivity index (χ4n) is 4.44. The van der Waals surface area contributed by atoms with Crippen molar-refractivity contribution in [3.8, 4) is 0 Å². The summed E-state index contributed by atoms with van der Waals surface area (Å²) < 4.78 is 0. The molecular formula is C28H58O2. The van der Waals surface area contributed by atoms with Crippen molar-refractivity contribution < 1.29 is 10.2 Å². The third-order valence-corrected chi connectivity index (χ3v) is 6.53. The van der Waals surface area contributed by atoms with E-state index in [1.165, 1.54) is 148 Å². The molecule has 0 aromatic rings. The van der Waals surface area contributed by atoms with Crippen LogP contribution in [0.5, 0.6) is 0 Å². The van der Waals surface area contributed by atoms with Gasteiger partial charge in [0.25, 0.3) is 0 Å². The molecule has 0 saturated heterocycles. The van der Waals surface area contributed by atoms with Crippen molar-refractivity contribution in [3.63, 3.8) is 0 Å². The molecule has 0 saturated carbocycles. The largest absolute Gasteiger partial charge is 0.396 e. The molecule has 0 aliphatic rings. The minimum Gasteiger partial charge on any atom is -0.396 e. The van der Waals surface area contributed by atoms with E-state index in [2.05, 4.69) is 0 Å². The van der Waals surface area contributed by atoms with Gasteiger partial charge in [0.1, 0.15) is 0 Å². The topological polar surface area (TPSA) is 40.5 Å². The fourth-order valence-corrected chi connectivity index (χ4v) is 4.44. The van der Waals surface area contributed by atoms with Gasteiger partial charge >= 0.3 is 0 Å². The molecule has 1 atom stereocenters. The molecule has 0 heterocycles. The summed E-state index contributed by atoms with van der Waals surface area (Å²) in [6.45, 7) is 2.27. The average Bonchev–Trinajstić information content (AvgIpc) is 2.73. The monoisotopic (exact) mass is 426 g/mol. The summed E-state index contributed by atoms with van der Waals surface area (Å²) in [7, 11) is 0. The summed E-state index contributed by atoms with van der Waals surface area (Å²) in [5.41, 5.74) is 0. The van der Waals surface area contributed by atoms with Crippen molar-refractivity contribution >= 4 is 0 Å². The van der Waals surface area contributed by atoms with Crippen LogP contribution in [-0.2, 0) is 0 Å². The lowest BCUT2D eigenvalue weighted by Crippen LogP contribution is -1.98. The molecule has 0 aliphatic carbocycles. The Hall–Kier alpha value is -0.0800. The van der Waals surface area contributed by atoms with E-state index in [0.717, 1.165) is 12.8 Å². The van der Waals surface area contributed by atoms with Crippen LogP contribution in [0.4, 0.5) is 0 Å². The van der Waals surface area contributed by atoms with E-state index in [-0.39, 0.29) is 6.10 Å². The smallest absolute Gasteiger partial charge is 0.0512 e. The fraction of sp³-hybridized carbons (Fsp3) is 1.00. The van der Waals surface area contributed by atoms with Crippen molar-refractivity contribution in [1.29, 1.82) is 0 Å². The molecule has 0 radical (unpaired) electrons. The maximum Gasteiger partial charge on any atom is 0.0512 e. The summed E-state index contributed by atoms with van der Waals surface area (Å²) in [5, 5.41) is 18.0. The number of aliphatic hydroxyl groups is 2. The third kappa shape index (κ3) is 27.9. The quantitative estimate of drug-likeness (QED) is 0.135. The molecule has 30 heavy (non-hydrogen) atoms. The van der Waals surface area contributed by atoms with Gasteiger partial charge in [0.05, 0.1) is 6.10 Å². The molecule has 0 bridgehead atoms. The molecule has 0 aromatic heterocycles. The highest BCUT2D eigenvalue weighted by atomic mass is 16.3. The number of aliphatic hydroxyl groups excluding tert-OH is 2. The van der Waals surface area contributed by atoms with Gasteiger partial charge in [0, 0.05) is 6.61 Å². The molecule has 0 aliphatic heterocycles. The van der Waals surface area contributed by atoms with Crippen LogP contribution in [0, 0.1) is 0 Å². The van der Waals surface area contributed by atoms with Gasteiger partial charge in [-0.15, -0.1) is 0 Å². The zero-order chi connectivity index (χ0) is 22.0. The van der Waals surface area contributed by atoms with Gasteiger partial charge < -0.3 is 10.2 Å². The van der Waals surface area contributed by atoms with E-state index in [4.69, 9.17) is 5.11 Å². The molecule has 0 fully saturated rings. The highest BCUT2D eigenvalue weighted by molar-refractivity contribution is 4.52. The lowest BCUT2D eigenvalue weighted by molar-refractivity contribution is 0.180. The molecular weight excluding hydrogens is 368 g/mol. The Morgan fingerprint density at radius 3 is 0.767 bits per heavy atom. The molecule has 2 nitrogen and oxygen atoms in total. The van der Waals surface area contributed by atoms with Crippen molar-refractivity contribution in [2.24, 2.45) is 0 Å². The van der Waals surface area contributed by atoms with E-state index in [1.54, 1.807) is 0 Å². The number of hydrogen-bond donors (Lipinski definition) is 2. The van der Waals surface area contributed by atoms with E-state index in [0.29, 0.717) is 6.61 Å². The average molecular weight is 427 g/mol. The summed E-state index contributed by atoms with van der Waals surface area (Å²) in [4.78, 5) is 0. The van der Waals surface area contributed by atoms with Crippen LogP contribution in [0.2, 0.25) is 0 Å². The maximum absolute atomic E-state index is 9.23. The summed E-state index contributed by atoms with van der Waals surface area (Å²) in [6, 6.07) is 0. The lowest BCUT2D eigenvalue weighted by Gasteiger charge is -2.05. The highest BCUT2D eigenvalue weighted by Gasteiger charge is 1.97.